The average Bonchev–Trinajstić information content (AvgIpc) is 2.90. The van der Waals surface area contributed by atoms with Crippen LogP contribution in [0.4, 0.5) is 4.79 Å². The fourth-order valence-electron chi connectivity index (χ4n) is 1.33. The van der Waals surface area contributed by atoms with Gasteiger partial charge in [0.05, 0.1) is 24.4 Å². The standard InChI is InChI=1S/C14H24N2O4/c1-13(2,20-10-14(3,4)18-5)6-9-19-12(17)16-8-7-15-11-16/h7-8,11H,6,9-10H2,1-5H3. The van der Waals surface area contributed by atoms with E-state index < -0.39 is 6.09 Å². The molecule has 0 atom stereocenters. The van der Waals surface area contributed by atoms with Crippen LogP contribution in [0.25, 0.3) is 0 Å². The summed E-state index contributed by atoms with van der Waals surface area (Å²) in [7, 11) is 1.66. The lowest BCUT2D eigenvalue weighted by Crippen LogP contribution is -2.36. The van der Waals surface area contributed by atoms with Crippen molar-refractivity contribution in [3.63, 3.8) is 0 Å². The predicted molar refractivity (Wildman–Crippen MR) is 74.7 cm³/mol. The van der Waals surface area contributed by atoms with Crippen LogP contribution in [0.2, 0.25) is 0 Å². The highest BCUT2D eigenvalue weighted by atomic mass is 16.6. The largest absolute Gasteiger partial charge is 0.449 e. The van der Waals surface area contributed by atoms with Gasteiger partial charge in [0.1, 0.15) is 6.33 Å². The van der Waals surface area contributed by atoms with Gasteiger partial charge >= 0.3 is 6.09 Å². The molecule has 0 aliphatic heterocycles. The minimum absolute atomic E-state index is 0.289. The van der Waals surface area contributed by atoms with Gasteiger partial charge < -0.3 is 14.2 Å². The van der Waals surface area contributed by atoms with Gasteiger partial charge in [0.15, 0.2) is 0 Å². The molecule has 0 radical (unpaired) electrons. The third-order valence-electron chi connectivity index (χ3n) is 3.01. The minimum Gasteiger partial charge on any atom is -0.449 e. The smallest absolute Gasteiger partial charge is 0.419 e. The van der Waals surface area contributed by atoms with E-state index in [9.17, 15) is 4.79 Å². The molecule has 0 saturated carbocycles. The number of imidazole rings is 1. The highest BCUT2D eigenvalue weighted by Gasteiger charge is 2.25. The molecule has 1 heterocycles. The zero-order chi connectivity index (χ0) is 15.2. The maximum Gasteiger partial charge on any atom is 0.419 e. The van der Waals surface area contributed by atoms with E-state index in [0.29, 0.717) is 13.0 Å². The van der Waals surface area contributed by atoms with Crippen molar-refractivity contribution in [2.24, 2.45) is 0 Å². The van der Waals surface area contributed by atoms with Gasteiger partial charge in [-0.2, -0.15) is 0 Å². The van der Waals surface area contributed by atoms with Crippen molar-refractivity contribution >= 4 is 6.09 Å². The Hall–Kier alpha value is -1.40. The fourth-order valence-corrected chi connectivity index (χ4v) is 1.33. The molecule has 0 aliphatic carbocycles. The summed E-state index contributed by atoms with van der Waals surface area (Å²) in [4.78, 5) is 15.4. The second kappa shape index (κ2) is 6.85. The van der Waals surface area contributed by atoms with Gasteiger partial charge in [0.25, 0.3) is 0 Å². The van der Waals surface area contributed by atoms with Crippen LogP contribution in [0.5, 0.6) is 0 Å². The number of hydrogen-bond acceptors (Lipinski definition) is 5. The molecule has 6 nitrogen and oxygen atoms in total. The molecule has 1 aromatic heterocycles. The lowest BCUT2D eigenvalue weighted by atomic mass is 10.1. The van der Waals surface area contributed by atoms with Crippen LogP contribution in [0, 0.1) is 0 Å². The Morgan fingerprint density at radius 2 is 1.95 bits per heavy atom. The van der Waals surface area contributed by atoms with Crippen molar-refractivity contribution in [1.29, 1.82) is 0 Å². The molecule has 0 aliphatic rings. The van der Waals surface area contributed by atoms with Crippen molar-refractivity contribution in [2.45, 2.75) is 45.3 Å². The summed E-state index contributed by atoms with van der Waals surface area (Å²) >= 11 is 0. The summed E-state index contributed by atoms with van der Waals surface area (Å²) in [5.74, 6) is 0. The first-order valence-corrected chi connectivity index (χ1v) is 6.60. The van der Waals surface area contributed by atoms with E-state index in [1.54, 1.807) is 13.3 Å². The number of rotatable bonds is 7. The Labute approximate surface area is 120 Å². The van der Waals surface area contributed by atoms with Crippen molar-refractivity contribution in [1.82, 2.24) is 9.55 Å². The topological polar surface area (TPSA) is 62.6 Å². The second-order valence-corrected chi connectivity index (χ2v) is 5.85. The summed E-state index contributed by atoms with van der Waals surface area (Å²) in [6.45, 7) is 8.61. The Morgan fingerprint density at radius 3 is 2.50 bits per heavy atom. The highest BCUT2D eigenvalue weighted by Crippen LogP contribution is 2.18. The first kappa shape index (κ1) is 16.7. The summed E-state index contributed by atoms with van der Waals surface area (Å²) in [5.41, 5.74) is -0.713. The normalized spacial score (nSPS) is 12.4. The first-order chi connectivity index (χ1) is 9.26. The quantitative estimate of drug-likeness (QED) is 0.769. The molecule has 0 N–H and O–H groups in total. The van der Waals surface area contributed by atoms with E-state index in [0.717, 1.165) is 0 Å². The molecular formula is C14H24N2O4. The van der Waals surface area contributed by atoms with E-state index >= 15 is 0 Å². The zero-order valence-corrected chi connectivity index (χ0v) is 12.9. The maximum atomic E-state index is 11.6. The molecule has 0 spiro atoms. The highest BCUT2D eigenvalue weighted by molar-refractivity contribution is 5.69. The van der Waals surface area contributed by atoms with Crippen LogP contribution in [0.15, 0.2) is 18.7 Å². The molecule has 0 amide bonds. The number of carbonyl (C=O) groups excluding carboxylic acids is 1. The zero-order valence-electron chi connectivity index (χ0n) is 12.9. The Bertz CT molecular complexity index is 413. The average molecular weight is 284 g/mol. The number of nitrogens with zero attached hydrogens (tertiary/aromatic N) is 2. The van der Waals surface area contributed by atoms with Gasteiger partial charge in [0.2, 0.25) is 0 Å². The van der Waals surface area contributed by atoms with Crippen LogP contribution in [-0.2, 0) is 14.2 Å². The van der Waals surface area contributed by atoms with Crippen molar-refractivity contribution in [3.8, 4) is 0 Å². The lowest BCUT2D eigenvalue weighted by Gasteiger charge is -2.31. The van der Waals surface area contributed by atoms with E-state index in [1.807, 2.05) is 27.7 Å². The number of hydrogen-bond donors (Lipinski definition) is 0. The number of methoxy groups -OCH3 is 1. The van der Waals surface area contributed by atoms with Gasteiger partial charge in [-0.1, -0.05) is 0 Å². The van der Waals surface area contributed by atoms with Crippen LogP contribution in [0.3, 0.4) is 0 Å². The molecule has 0 bridgehead atoms. The number of carbonyl (C=O) groups is 1. The number of ether oxygens (including phenoxy) is 3. The SMILES string of the molecule is COC(C)(C)COC(C)(C)CCOC(=O)n1ccnc1. The molecule has 0 fully saturated rings. The van der Waals surface area contributed by atoms with Gasteiger partial charge in [0, 0.05) is 25.9 Å². The van der Waals surface area contributed by atoms with Crippen molar-refractivity contribution < 1.29 is 19.0 Å². The summed E-state index contributed by atoms with van der Waals surface area (Å²) in [6, 6.07) is 0. The molecule has 0 saturated heterocycles. The van der Waals surface area contributed by atoms with E-state index in [-0.39, 0.29) is 17.8 Å². The monoisotopic (exact) mass is 284 g/mol. The fraction of sp³-hybridized carbons (Fsp3) is 0.714. The van der Waals surface area contributed by atoms with Gasteiger partial charge in [-0.3, -0.25) is 0 Å². The molecular weight excluding hydrogens is 260 g/mol. The summed E-state index contributed by atoms with van der Waals surface area (Å²) < 4.78 is 17.6. The lowest BCUT2D eigenvalue weighted by molar-refractivity contribution is -0.112. The van der Waals surface area contributed by atoms with Gasteiger partial charge in [-0.25, -0.2) is 14.3 Å². The molecule has 1 aromatic rings. The minimum atomic E-state index is -0.435. The molecule has 0 aromatic carbocycles. The van der Waals surface area contributed by atoms with E-state index in [1.165, 1.54) is 17.1 Å². The van der Waals surface area contributed by atoms with Crippen LogP contribution < -0.4 is 0 Å². The summed E-state index contributed by atoms with van der Waals surface area (Å²) in [5, 5.41) is 0. The van der Waals surface area contributed by atoms with E-state index in [4.69, 9.17) is 14.2 Å². The Balaban J connectivity index is 2.31. The Morgan fingerprint density at radius 1 is 1.25 bits per heavy atom. The molecule has 114 valence electrons. The third-order valence-corrected chi connectivity index (χ3v) is 3.01. The second-order valence-electron chi connectivity index (χ2n) is 5.85. The summed E-state index contributed by atoms with van der Waals surface area (Å²) in [6.07, 6.45) is 4.65. The first-order valence-electron chi connectivity index (χ1n) is 6.60. The van der Waals surface area contributed by atoms with Crippen LogP contribution >= 0.6 is 0 Å². The third kappa shape index (κ3) is 5.71. The van der Waals surface area contributed by atoms with Gasteiger partial charge in [-0.05, 0) is 27.7 Å². The van der Waals surface area contributed by atoms with Crippen molar-refractivity contribution in [3.05, 3.63) is 18.7 Å². The van der Waals surface area contributed by atoms with Crippen LogP contribution in [0.1, 0.15) is 34.1 Å². The molecule has 6 heteroatoms. The maximum absolute atomic E-state index is 11.6. The van der Waals surface area contributed by atoms with Crippen molar-refractivity contribution in [2.75, 3.05) is 20.3 Å². The molecule has 0 unspecified atom stereocenters. The Kier molecular flexibility index (Phi) is 5.71. The molecule has 20 heavy (non-hydrogen) atoms. The molecule has 1 rings (SSSR count). The number of aromatic nitrogens is 2. The van der Waals surface area contributed by atoms with Crippen LogP contribution in [-0.4, -0.2) is 47.2 Å². The van der Waals surface area contributed by atoms with Gasteiger partial charge in [-0.15, -0.1) is 0 Å². The van der Waals surface area contributed by atoms with E-state index in [2.05, 4.69) is 4.98 Å². The predicted octanol–water partition coefficient (Wildman–Crippen LogP) is 2.48.